The van der Waals surface area contributed by atoms with Crippen molar-refractivity contribution in [1.29, 1.82) is 0 Å². The van der Waals surface area contributed by atoms with Gasteiger partial charge in [0.1, 0.15) is 0 Å². The van der Waals surface area contributed by atoms with Gasteiger partial charge in [0.05, 0.1) is 6.04 Å². The number of carbonyl (C=O) groups excluding carboxylic acids is 1. The van der Waals surface area contributed by atoms with Gasteiger partial charge in [-0.25, -0.2) is 9.89 Å². The number of H-pyrrole nitrogens is 2. The minimum Gasteiger partial charge on any atom is -0.343 e. The lowest BCUT2D eigenvalue weighted by Crippen LogP contribution is -2.28. The maximum atomic E-state index is 11.9. The molecule has 0 aliphatic carbocycles. The number of hydrogen-bond acceptors (Lipinski definition) is 3. The first kappa shape index (κ1) is 14.0. The lowest BCUT2D eigenvalue weighted by atomic mass is 9.99. The molecule has 2 aromatic rings. The van der Waals surface area contributed by atoms with Crippen LogP contribution in [0, 0.1) is 0 Å². The van der Waals surface area contributed by atoms with Gasteiger partial charge in [-0.3, -0.25) is 9.78 Å². The zero-order chi connectivity index (χ0) is 14.7. The van der Waals surface area contributed by atoms with E-state index < -0.39 is 11.6 Å². The summed E-state index contributed by atoms with van der Waals surface area (Å²) in [4.78, 5) is 25.1. The molecule has 2 rings (SSSR count). The first-order valence-corrected chi connectivity index (χ1v) is 6.52. The zero-order valence-corrected chi connectivity index (χ0v) is 11.7. The molecule has 6 nitrogen and oxygen atoms in total. The highest BCUT2D eigenvalue weighted by molar-refractivity contribution is 5.90. The molecule has 1 heterocycles. The minimum atomic E-state index is -0.496. The van der Waals surface area contributed by atoms with E-state index in [-0.39, 0.29) is 11.9 Å². The Morgan fingerprint density at radius 2 is 1.75 bits per heavy atom. The third-order valence-electron chi connectivity index (χ3n) is 3.17. The van der Waals surface area contributed by atoms with Gasteiger partial charge in [-0.05, 0) is 24.0 Å². The van der Waals surface area contributed by atoms with E-state index in [9.17, 15) is 9.59 Å². The summed E-state index contributed by atoms with van der Waals surface area (Å²) in [5.74, 6) is 0.0486. The average Bonchev–Trinajstić information content (AvgIpc) is 2.85. The van der Waals surface area contributed by atoms with Gasteiger partial charge in [0.15, 0.2) is 0 Å². The summed E-state index contributed by atoms with van der Waals surface area (Å²) in [6, 6.07) is 7.93. The topological polar surface area (TPSA) is 90.6 Å². The number of aromatic amines is 2. The summed E-state index contributed by atoms with van der Waals surface area (Å²) in [6.45, 7) is 6.15. The van der Waals surface area contributed by atoms with E-state index >= 15 is 0 Å². The summed E-state index contributed by atoms with van der Waals surface area (Å²) >= 11 is 0. The van der Waals surface area contributed by atoms with Gasteiger partial charge in [-0.1, -0.05) is 38.1 Å². The number of aromatic nitrogens is 3. The van der Waals surface area contributed by atoms with E-state index in [4.69, 9.17) is 0 Å². The number of hydrogen-bond donors (Lipinski definition) is 3. The summed E-state index contributed by atoms with van der Waals surface area (Å²) < 4.78 is 0. The van der Waals surface area contributed by atoms with E-state index in [0.717, 1.165) is 5.56 Å². The summed E-state index contributed by atoms with van der Waals surface area (Å²) in [7, 11) is 0. The first-order chi connectivity index (χ1) is 9.47. The Morgan fingerprint density at radius 3 is 2.25 bits per heavy atom. The van der Waals surface area contributed by atoms with E-state index in [1.807, 2.05) is 19.1 Å². The van der Waals surface area contributed by atoms with Crippen molar-refractivity contribution in [1.82, 2.24) is 20.5 Å². The van der Waals surface area contributed by atoms with E-state index in [1.165, 1.54) is 5.56 Å². The molecule has 106 valence electrons. The second-order valence-electron chi connectivity index (χ2n) is 5.04. The molecule has 0 bridgehead atoms. The molecule has 0 spiro atoms. The van der Waals surface area contributed by atoms with Crippen LogP contribution in [-0.4, -0.2) is 21.1 Å². The Morgan fingerprint density at radius 1 is 1.15 bits per heavy atom. The van der Waals surface area contributed by atoms with Crippen molar-refractivity contribution >= 4 is 5.91 Å². The maximum Gasteiger partial charge on any atom is 0.341 e. The van der Waals surface area contributed by atoms with E-state index in [0.29, 0.717) is 5.92 Å². The molecule has 1 aromatic carbocycles. The quantitative estimate of drug-likeness (QED) is 0.792. The Kier molecular flexibility index (Phi) is 4.02. The van der Waals surface area contributed by atoms with Crippen LogP contribution in [0.3, 0.4) is 0 Å². The van der Waals surface area contributed by atoms with Crippen LogP contribution >= 0.6 is 0 Å². The van der Waals surface area contributed by atoms with Crippen molar-refractivity contribution < 1.29 is 4.79 Å². The predicted molar refractivity (Wildman–Crippen MR) is 75.6 cm³/mol. The van der Waals surface area contributed by atoms with Crippen LogP contribution < -0.4 is 11.0 Å². The third-order valence-corrected chi connectivity index (χ3v) is 3.17. The summed E-state index contributed by atoms with van der Waals surface area (Å²) in [5, 5.41) is 8.54. The van der Waals surface area contributed by atoms with Crippen LogP contribution in [-0.2, 0) is 0 Å². The third kappa shape index (κ3) is 3.14. The van der Waals surface area contributed by atoms with Crippen LogP contribution in [0.25, 0.3) is 0 Å². The molecule has 0 saturated heterocycles. The molecule has 0 saturated carbocycles. The normalized spacial score (nSPS) is 12.4. The summed E-state index contributed by atoms with van der Waals surface area (Å²) in [6.07, 6.45) is 0. The van der Waals surface area contributed by atoms with E-state index in [2.05, 4.69) is 46.5 Å². The number of nitrogens with one attached hydrogen (secondary N) is 3. The van der Waals surface area contributed by atoms with Crippen LogP contribution in [0.4, 0.5) is 0 Å². The molecule has 0 aliphatic rings. The highest BCUT2D eigenvalue weighted by atomic mass is 16.2. The van der Waals surface area contributed by atoms with Crippen LogP contribution in [0.2, 0.25) is 0 Å². The zero-order valence-electron chi connectivity index (χ0n) is 11.7. The van der Waals surface area contributed by atoms with Crippen molar-refractivity contribution in [3.05, 3.63) is 51.7 Å². The molecule has 6 heteroatoms. The maximum absolute atomic E-state index is 11.9. The molecule has 1 aromatic heterocycles. The highest BCUT2D eigenvalue weighted by Gasteiger charge is 2.14. The van der Waals surface area contributed by atoms with Crippen molar-refractivity contribution in [2.24, 2.45) is 0 Å². The fourth-order valence-corrected chi connectivity index (χ4v) is 1.90. The summed E-state index contributed by atoms with van der Waals surface area (Å²) in [5.41, 5.74) is 1.76. The molecular weight excluding hydrogens is 256 g/mol. The Hall–Kier alpha value is -2.37. The average molecular weight is 274 g/mol. The van der Waals surface area contributed by atoms with Gasteiger partial charge in [0.25, 0.3) is 5.91 Å². The monoisotopic (exact) mass is 274 g/mol. The molecule has 3 N–H and O–H groups in total. The van der Waals surface area contributed by atoms with Crippen molar-refractivity contribution in [2.75, 3.05) is 0 Å². The Labute approximate surface area is 116 Å². The standard InChI is InChI=1S/C14H18N4O2/c1-8(2)10-4-6-11(7-5-10)9(3)15-13(19)12-16-14(20)18-17-12/h4-9H,1-3H3,(H,15,19)(H2,16,17,18,20)/t9-/m1/s1. The molecule has 0 fully saturated rings. The van der Waals surface area contributed by atoms with Gasteiger partial charge in [-0.2, -0.15) is 0 Å². The van der Waals surface area contributed by atoms with Crippen LogP contribution in [0.15, 0.2) is 29.1 Å². The highest BCUT2D eigenvalue weighted by Crippen LogP contribution is 2.18. The lowest BCUT2D eigenvalue weighted by molar-refractivity contribution is 0.0929. The smallest absolute Gasteiger partial charge is 0.341 e. The number of carbonyl (C=O) groups is 1. The predicted octanol–water partition coefficient (Wildman–Crippen LogP) is 1.71. The number of amides is 1. The minimum absolute atomic E-state index is 0.0133. The largest absolute Gasteiger partial charge is 0.343 e. The van der Waals surface area contributed by atoms with Crippen molar-refractivity contribution in [2.45, 2.75) is 32.7 Å². The van der Waals surface area contributed by atoms with E-state index in [1.54, 1.807) is 0 Å². The van der Waals surface area contributed by atoms with Gasteiger partial charge in [-0.15, -0.1) is 5.10 Å². The first-order valence-electron chi connectivity index (χ1n) is 6.52. The molecule has 0 aliphatic heterocycles. The van der Waals surface area contributed by atoms with Gasteiger partial charge in [0.2, 0.25) is 5.82 Å². The number of benzene rings is 1. The molecule has 1 amide bonds. The lowest BCUT2D eigenvalue weighted by Gasteiger charge is -2.14. The van der Waals surface area contributed by atoms with Crippen LogP contribution in [0.5, 0.6) is 0 Å². The van der Waals surface area contributed by atoms with Gasteiger partial charge >= 0.3 is 5.69 Å². The van der Waals surface area contributed by atoms with Gasteiger partial charge < -0.3 is 5.32 Å². The second-order valence-corrected chi connectivity index (χ2v) is 5.04. The number of rotatable bonds is 4. The second kappa shape index (κ2) is 5.73. The van der Waals surface area contributed by atoms with Gasteiger partial charge in [0, 0.05) is 0 Å². The Bertz CT molecular complexity index is 640. The SMILES string of the molecule is CC(C)c1ccc([C@@H](C)NC(=O)c2n[nH]c(=O)[nH]2)cc1. The van der Waals surface area contributed by atoms with Crippen molar-refractivity contribution in [3.8, 4) is 0 Å². The Balaban J connectivity index is 2.06. The fourth-order valence-electron chi connectivity index (χ4n) is 1.90. The van der Waals surface area contributed by atoms with Crippen molar-refractivity contribution in [3.63, 3.8) is 0 Å². The molecule has 20 heavy (non-hydrogen) atoms. The number of nitrogens with zero attached hydrogens (tertiary/aromatic N) is 1. The molecule has 0 radical (unpaired) electrons. The fraction of sp³-hybridized carbons (Fsp3) is 0.357. The molecule has 0 unspecified atom stereocenters. The van der Waals surface area contributed by atoms with Crippen LogP contribution in [0.1, 0.15) is 54.5 Å². The molecule has 1 atom stereocenters. The molecular formula is C14H18N4O2.